The molecule has 1 aromatic carbocycles. The summed E-state index contributed by atoms with van der Waals surface area (Å²) in [6, 6.07) is 4.67. The number of benzene rings is 1. The molecule has 8 heteroatoms. The molecule has 104 valence electrons. The van der Waals surface area contributed by atoms with Gasteiger partial charge in [-0.1, -0.05) is 12.1 Å². The van der Waals surface area contributed by atoms with Gasteiger partial charge in [-0.2, -0.15) is 17.6 Å². The fourth-order valence-electron chi connectivity index (χ4n) is 1.15. The molecule has 0 aliphatic heterocycles. The van der Waals surface area contributed by atoms with Crippen LogP contribution in [0.25, 0.3) is 0 Å². The Kier molecular flexibility index (Phi) is 6.37. The summed E-state index contributed by atoms with van der Waals surface area (Å²) in [5.74, 6) is -0.378. The summed E-state index contributed by atoms with van der Waals surface area (Å²) in [7, 11) is 0. The van der Waals surface area contributed by atoms with E-state index in [1.165, 1.54) is 6.07 Å². The van der Waals surface area contributed by atoms with E-state index in [0.29, 0.717) is 5.56 Å². The van der Waals surface area contributed by atoms with Crippen LogP contribution in [0.4, 0.5) is 17.6 Å². The maximum atomic E-state index is 12.6. The molecule has 0 unspecified atom stereocenters. The summed E-state index contributed by atoms with van der Waals surface area (Å²) in [6.45, 7) is 0.106. The topological polar surface area (TPSA) is 61.3 Å². The van der Waals surface area contributed by atoms with Crippen molar-refractivity contribution in [3.8, 4) is 5.75 Å². The number of rotatable bonds is 5. The van der Waals surface area contributed by atoms with Gasteiger partial charge in [0.05, 0.1) is 0 Å². The van der Waals surface area contributed by atoms with Gasteiger partial charge in [0, 0.05) is 12.6 Å². The molecule has 0 radical (unpaired) electrons. The Labute approximate surface area is 107 Å². The van der Waals surface area contributed by atoms with E-state index in [2.05, 4.69) is 4.74 Å². The molecular formula is C10H13ClF4N2O. The Hall–Kier alpha value is -1.05. The van der Waals surface area contributed by atoms with Crippen molar-refractivity contribution in [2.24, 2.45) is 11.5 Å². The number of hydrogen-bond donors (Lipinski definition) is 2. The van der Waals surface area contributed by atoms with Gasteiger partial charge in [-0.25, -0.2) is 0 Å². The van der Waals surface area contributed by atoms with Crippen LogP contribution in [0, 0.1) is 0 Å². The van der Waals surface area contributed by atoms with Gasteiger partial charge in [0.25, 0.3) is 0 Å². The molecule has 0 bridgehead atoms. The number of nitrogens with two attached hydrogens (primary N) is 2. The van der Waals surface area contributed by atoms with E-state index in [1.807, 2.05) is 0 Å². The molecule has 0 saturated heterocycles. The van der Waals surface area contributed by atoms with Gasteiger partial charge < -0.3 is 16.2 Å². The van der Waals surface area contributed by atoms with E-state index < -0.39 is 18.6 Å². The molecule has 0 heterocycles. The van der Waals surface area contributed by atoms with Crippen LogP contribution in [0.15, 0.2) is 24.3 Å². The largest absolute Gasteiger partial charge is 0.461 e. The summed E-state index contributed by atoms with van der Waals surface area (Å²) >= 11 is 0. The molecule has 0 fully saturated rings. The van der Waals surface area contributed by atoms with E-state index in [9.17, 15) is 17.6 Å². The molecule has 1 aromatic rings. The molecule has 0 amide bonds. The van der Waals surface area contributed by atoms with Crippen molar-refractivity contribution in [2.75, 3.05) is 6.54 Å². The zero-order chi connectivity index (χ0) is 13.1. The molecule has 0 aliphatic rings. The minimum Gasteiger partial charge on any atom is -0.428 e. The molecule has 0 aliphatic carbocycles. The monoisotopic (exact) mass is 288 g/mol. The Morgan fingerprint density at radius 3 is 2.39 bits per heavy atom. The average molecular weight is 289 g/mol. The summed E-state index contributed by atoms with van der Waals surface area (Å²) in [5.41, 5.74) is 11.3. The van der Waals surface area contributed by atoms with Crippen molar-refractivity contribution in [3.63, 3.8) is 0 Å². The Balaban J connectivity index is 0.00000289. The molecule has 4 N–H and O–H groups in total. The second-order valence-electron chi connectivity index (χ2n) is 3.38. The van der Waals surface area contributed by atoms with Gasteiger partial charge >= 0.3 is 12.5 Å². The van der Waals surface area contributed by atoms with Gasteiger partial charge in [-0.3, -0.25) is 0 Å². The SMILES string of the molecule is Cl.NC[C@@H](N)c1cccc(OC(F)(F)C(F)F)c1. The first-order valence-corrected chi connectivity index (χ1v) is 4.77. The van der Waals surface area contributed by atoms with Crippen LogP contribution in [0.2, 0.25) is 0 Å². The fraction of sp³-hybridized carbons (Fsp3) is 0.400. The van der Waals surface area contributed by atoms with Crippen molar-refractivity contribution in [1.29, 1.82) is 0 Å². The minimum absolute atomic E-state index is 0. The highest BCUT2D eigenvalue weighted by atomic mass is 35.5. The standard InChI is InChI=1S/C10H12F4N2O.ClH/c11-9(12)10(13,14)17-7-3-1-2-6(4-7)8(16)5-15;/h1-4,8-9H,5,15-16H2;1H/t8-;/m1./s1. The number of halogens is 5. The fourth-order valence-corrected chi connectivity index (χ4v) is 1.15. The van der Waals surface area contributed by atoms with Crippen LogP contribution < -0.4 is 16.2 Å². The van der Waals surface area contributed by atoms with E-state index in [0.717, 1.165) is 12.1 Å². The maximum absolute atomic E-state index is 12.6. The van der Waals surface area contributed by atoms with Crippen molar-refractivity contribution in [2.45, 2.75) is 18.6 Å². The first kappa shape index (κ1) is 16.9. The maximum Gasteiger partial charge on any atom is 0.461 e. The molecular weight excluding hydrogens is 276 g/mol. The van der Waals surface area contributed by atoms with Crippen molar-refractivity contribution >= 4 is 12.4 Å². The summed E-state index contributed by atoms with van der Waals surface area (Å²) < 4.78 is 53.0. The minimum atomic E-state index is -4.52. The summed E-state index contributed by atoms with van der Waals surface area (Å²) in [5, 5.41) is 0. The van der Waals surface area contributed by atoms with Gasteiger partial charge in [-0.05, 0) is 17.7 Å². The first-order chi connectivity index (χ1) is 7.86. The van der Waals surface area contributed by atoms with Crippen molar-refractivity contribution in [1.82, 2.24) is 0 Å². The molecule has 0 aromatic heterocycles. The molecule has 0 saturated carbocycles. The second kappa shape index (κ2) is 6.77. The lowest BCUT2D eigenvalue weighted by Crippen LogP contribution is -2.33. The third-order valence-corrected chi connectivity index (χ3v) is 2.05. The Morgan fingerprint density at radius 2 is 1.89 bits per heavy atom. The quantitative estimate of drug-likeness (QED) is 0.817. The predicted molar refractivity (Wildman–Crippen MR) is 61.3 cm³/mol. The number of ether oxygens (including phenoxy) is 1. The van der Waals surface area contributed by atoms with Gasteiger partial charge in [-0.15, -0.1) is 12.4 Å². The van der Waals surface area contributed by atoms with E-state index in [-0.39, 0.29) is 24.7 Å². The Bertz CT molecular complexity index is 379. The summed E-state index contributed by atoms with van der Waals surface area (Å²) in [6.07, 6.45) is -8.42. The van der Waals surface area contributed by atoms with Gasteiger partial charge in [0.15, 0.2) is 0 Å². The summed E-state index contributed by atoms with van der Waals surface area (Å²) in [4.78, 5) is 0. The Morgan fingerprint density at radius 1 is 1.28 bits per heavy atom. The van der Waals surface area contributed by atoms with Gasteiger partial charge in [0.1, 0.15) is 5.75 Å². The highest BCUT2D eigenvalue weighted by Crippen LogP contribution is 2.28. The third-order valence-electron chi connectivity index (χ3n) is 2.05. The van der Waals surface area contributed by atoms with Crippen LogP contribution in [0.3, 0.4) is 0 Å². The lowest BCUT2D eigenvalue weighted by atomic mass is 10.1. The van der Waals surface area contributed by atoms with Crippen molar-refractivity contribution < 1.29 is 22.3 Å². The molecule has 0 spiro atoms. The van der Waals surface area contributed by atoms with E-state index >= 15 is 0 Å². The number of hydrogen-bond acceptors (Lipinski definition) is 3. The lowest BCUT2D eigenvalue weighted by Gasteiger charge is -2.18. The lowest BCUT2D eigenvalue weighted by molar-refractivity contribution is -0.253. The van der Waals surface area contributed by atoms with Crippen LogP contribution in [-0.4, -0.2) is 19.1 Å². The molecule has 1 atom stereocenters. The molecule has 1 rings (SSSR count). The van der Waals surface area contributed by atoms with Crippen LogP contribution >= 0.6 is 12.4 Å². The van der Waals surface area contributed by atoms with Gasteiger partial charge in [0.2, 0.25) is 0 Å². The van der Waals surface area contributed by atoms with Crippen LogP contribution in [-0.2, 0) is 0 Å². The first-order valence-electron chi connectivity index (χ1n) is 4.77. The zero-order valence-corrected chi connectivity index (χ0v) is 9.97. The second-order valence-corrected chi connectivity index (χ2v) is 3.38. The number of alkyl halides is 4. The zero-order valence-electron chi connectivity index (χ0n) is 9.15. The predicted octanol–water partition coefficient (Wildman–Crippen LogP) is 2.30. The third kappa shape index (κ3) is 4.32. The highest BCUT2D eigenvalue weighted by molar-refractivity contribution is 5.85. The van der Waals surface area contributed by atoms with E-state index in [4.69, 9.17) is 11.5 Å². The normalized spacial score (nSPS) is 13.1. The van der Waals surface area contributed by atoms with E-state index in [1.54, 1.807) is 6.07 Å². The highest BCUT2D eigenvalue weighted by Gasteiger charge is 2.43. The average Bonchev–Trinajstić information content (AvgIpc) is 2.27. The molecule has 18 heavy (non-hydrogen) atoms. The van der Waals surface area contributed by atoms with Crippen molar-refractivity contribution in [3.05, 3.63) is 29.8 Å². The van der Waals surface area contributed by atoms with Crippen LogP contribution in [0.1, 0.15) is 11.6 Å². The molecule has 3 nitrogen and oxygen atoms in total. The smallest absolute Gasteiger partial charge is 0.428 e. The van der Waals surface area contributed by atoms with Crippen LogP contribution in [0.5, 0.6) is 5.75 Å².